The minimum absolute atomic E-state index is 0.334. The van der Waals surface area contributed by atoms with E-state index in [1.165, 1.54) is 0 Å². The molecule has 2 aromatic rings. The van der Waals surface area contributed by atoms with E-state index in [0.717, 1.165) is 10.6 Å². The highest BCUT2D eigenvalue weighted by atomic mass is 32.2. The lowest BCUT2D eigenvalue weighted by Gasteiger charge is -2.05. The summed E-state index contributed by atoms with van der Waals surface area (Å²) in [7, 11) is -3.38. The quantitative estimate of drug-likeness (QED) is 0.801. The second-order valence-corrected chi connectivity index (χ2v) is 7.01. The van der Waals surface area contributed by atoms with Gasteiger partial charge in [0.2, 0.25) is 9.84 Å². The third-order valence-corrected chi connectivity index (χ3v) is 5.18. The molecule has 4 heteroatoms. The van der Waals surface area contributed by atoms with Gasteiger partial charge in [-0.25, -0.2) is 8.42 Å². The molecule has 0 fully saturated rings. The first-order chi connectivity index (χ1) is 8.64. The van der Waals surface area contributed by atoms with Crippen LogP contribution in [0.4, 0.5) is 0 Å². The smallest absolute Gasteiger partial charge is 0.206 e. The second kappa shape index (κ2) is 5.59. The van der Waals surface area contributed by atoms with E-state index < -0.39 is 9.84 Å². The molecule has 0 saturated carbocycles. The number of benzene rings is 2. The van der Waals surface area contributed by atoms with Gasteiger partial charge >= 0.3 is 0 Å². The molecule has 2 rings (SSSR count). The maximum Gasteiger partial charge on any atom is 0.206 e. The number of hydrogen-bond donors (Lipinski definition) is 0. The van der Waals surface area contributed by atoms with Crippen molar-refractivity contribution in [2.45, 2.75) is 21.6 Å². The van der Waals surface area contributed by atoms with Gasteiger partial charge in [0.1, 0.15) is 0 Å². The maximum absolute atomic E-state index is 12.3. The van der Waals surface area contributed by atoms with Crippen LogP contribution in [0, 0.1) is 0 Å². The average Bonchev–Trinajstić information content (AvgIpc) is 2.41. The Labute approximate surface area is 112 Å². The van der Waals surface area contributed by atoms with Gasteiger partial charge in [0.25, 0.3) is 0 Å². The predicted molar refractivity (Wildman–Crippen MR) is 74.7 cm³/mol. The van der Waals surface area contributed by atoms with E-state index in [1.54, 1.807) is 54.2 Å². The lowest BCUT2D eigenvalue weighted by atomic mass is 10.4. The zero-order valence-electron chi connectivity index (χ0n) is 10.0. The number of sulfone groups is 1. The number of thioether (sulfide) groups is 1. The first-order valence-electron chi connectivity index (χ1n) is 5.67. The van der Waals surface area contributed by atoms with E-state index in [2.05, 4.69) is 6.92 Å². The zero-order chi connectivity index (χ0) is 13.0. The molecular formula is C14H14O2S2. The van der Waals surface area contributed by atoms with E-state index >= 15 is 0 Å². The van der Waals surface area contributed by atoms with E-state index in [-0.39, 0.29) is 0 Å². The van der Waals surface area contributed by atoms with Crippen molar-refractivity contribution in [2.24, 2.45) is 0 Å². The lowest BCUT2D eigenvalue weighted by Crippen LogP contribution is -2.01. The zero-order valence-corrected chi connectivity index (χ0v) is 11.7. The molecule has 2 nitrogen and oxygen atoms in total. The topological polar surface area (TPSA) is 34.1 Å². The van der Waals surface area contributed by atoms with Crippen molar-refractivity contribution in [3.63, 3.8) is 0 Å². The number of hydrogen-bond acceptors (Lipinski definition) is 3. The second-order valence-electron chi connectivity index (χ2n) is 3.72. The van der Waals surface area contributed by atoms with Gasteiger partial charge in [0, 0.05) is 4.90 Å². The van der Waals surface area contributed by atoms with Crippen LogP contribution in [-0.2, 0) is 9.84 Å². The van der Waals surface area contributed by atoms with Crippen LogP contribution in [0.1, 0.15) is 6.92 Å². The first-order valence-corrected chi connectivity index (χ1v) is 8.14. The van der Waals surface area contributed by atoms with Crippen molar-refractivity contribution < 1.29 is 8.42 Å². The Morgan fingerprint density at radius 2 is 1.44 bits per heavy atom. The highest BCUT2D eigenvalue weighted by Crippen LogP contribution is 2.24. The Hall–Kier alpha value is -1.26. The van der Waals surface area contributed by atoms with Crippen molar-refractivity contribution in [2.75, 3.05) is 5.75 Å². The van der Waals surface area contributed by atoms with Crippen LogP contribution < -0.4 is 0 Å². The highest BCUT2D eigenvalue weighted by Gasteiger charge is 2.16. The molecule has 0 spiro atoms. The molecule has 0 aliphatic rings. The summed E-state index contributed by atoms with van der Waals surface area (Å²) in [5.41, 5.74) is 0. The Kier molecular flexibility index (Phi) is 4.09. The minimum atomic E-state index is -3.38. The normalized spacial score (nSPS) is 11.4. The van der Waals surface area contributed by atoms with Crippen molar-refractivity contribution in [1.29, 1.82) is 0 Å². The summed E-state index contributed by atoms with van der Waals surface area (Å²) < 4.78 is 24.6. The molecule has 0 radical (unpaired) electrons. The van der Waals surface area contributed by atoms with Gasteiger partial charge in [0.05, 0.1) is 9.79 Å². The van der Waals surface area contributed by atoms with Crippen LogP contribution >= 0.6 is 11.8 Å². The van der Waals surface area contributed by atoms with E-state index in [4.69, 9.17) is 0 Å². The molecule has 0 atom stereocenters. The fourth-order valence-electron chi connectivity index (χ4n) is 1.62. The van der Waals surface area contributed by atoms with Crippen LogP contribution in [0.25, 0.3) is 0 Å². The third-order valence-electron chi connectivity index (χ3n) is 2.50. The maximum atomic E-state index is 12.3. The summed E-state index contributed by atoms with van der Waals surface area (Å²) in [6.07, 6.45) is 0. The Bertz CT molecular complexity index is 602. The van der Waals surface area contributed by atoms with Gasteiger partial charge in [-0.1, -0.05) is 25.1 Å². The molecule has 0 aliphatic heterocycles. The van der Waals surface area contributed by atoms with Crippen LogP contribution in [0.15, 0.2) is 69.3 Å². The van der Waals surface area contributed by atoms with Crippen molar-refractivity contribution in [3.05, 3.63) is 54.6 Å². The molecule has 94 valence electrons. The first kappa shape index (κ1) is 13.2. The molecular weight excluding hydrogens is 264 g/mol. The SMILES string of the molecule is CCSc1ccc(S(=O)(=O)c2ccccc2)cc1. The molecule has 0 unspecified atom stereocenters. The summed E-state index contributed by atoms with van der Waals surface area (Å²) in [5.74, 6) is 0.977. The lowest BCUT2D eigenvalue weighted by molar-refractivity contribution is 0.596. The average molecular weight is 278 g/mol. The van der Waals surface area contributed by atoms with Crippen LogP contribution in [0.5, 0.6) is 0 Å². The number of rotatable bonds is 4. The van der Waals surface area contributed by atoms with Crippen molar-refractivity contribution >= 4 is 21.6 Å². The van der Waals surface area contributed by atoms with Gasteiger partial charge in [-0.05, 0) is 42.2 Å². The molecule has 0 heterocycles. The van der Waals surface area contributed by atoms with Crippen LogP contribution in [0.2, 0.25) is 0 Å². The molecule has 0 aromatic heterocycles. The summed E-state index contributed by atoms with van der Waals surface area (Å²) in [4.78, 5) is 1.76. The van der Waals surface area contributed by atoms with Gasteiger partial charge in [0.15, 0.2) is 0 Å². The van der Waals surface area contributed by atoms with Crippen molar-refractivity contribution in [1.82, 2.24) is 0 Å². The molecule has 0 bridgehead atoms. The van der Waals surface area contributed by atoms with Gasteiger partial charge < -0.3 is 0 Å². The summed E-state index contributed by atoms with van der Waals surface area (Å²) in [6, 6.07) is 15.5. The van der Waals surface area contributed by atoms with Gasteiger partial charge in [-0.15, -0.1) is 11.8 Å². The minimum Gasteiger partial charge on any atom is -0.219 e. The highest BCUT2D eigenvalue weighted by molar-refractivity contribution is 7.99. The van der Waals surface area contributed by atoms with Gasteiger partial charge in [-0.2, -0.15) is 0 Å². The monoisotopic (exact) mass is 278 g/mol. The Balaban J connectivity index is 2.36. The van der Waals surface area contributed by atoms with E-state index in [0.29, 0.717) is 9.79 Å². The van der Waals surface area contributed by atoms with Crippen LogP contribution in [-0.4, -0.2) is 14.2 Å². The summed E-state index contributed by atoms with van der Waals surface area (Å²) in [6.45, 7) is 2.07. The molecule has 18 heavy (non-hydrogen) atoms. The van der Waals surface area contributed by atoms with Crippen LogP contribution in [0.3, 0.4) is 0 Å². The standard InChI is InChI=1S/C14H14O2S2/c1-2-17-12-8-10-14(11-9-12)18(15,16)13-6-4-3-5-7-13/h3-11H,2H2,1H3. The fraction of sp³-hybridized carbons (Fsp3) is 0.143. The van der Waals surface area contributed by atoms with Crippen molar-refractivity contribution in [3.8, 4) is 0 Å². The van der Waals surface area contributed by atoms with Gasteiger partial charge in [-0.3, -0.25) is 0 Å². The van der Waals surface area contributed by atoms with E-state index in [9.17, 15) is 8.42 Å². The predicted octanol–water partition coefficient (Wildman–Crippen LogP) is 3.63. The summed E-state index contributed by atoms with van der Waals surface area (Å²) in [5, 5.41) is 0. The molecule has 0 saturated heterocycles. The summed E-state index contributed by atoms with van der Waals surface area (Å²) >= 11 is 1.70. The fourth-order valence-corrected chi connectivity index (χ4v) is 3.56. The Morgan fingerprint density at radius 3 is 2.00 bits per heavy atom. The molecule has 2 aromatic carbocycles. The molecule has 0 N–H and O–H groups in total. The molecule has 0 amide bonds. The third kappa shape index (κ3) is 2.76. The largest absolute Gasteiger partial charge is 0.219 e. The molecule has 0 aliphatic carbocycles. The van der Waals surface area contributed by atoms with E-state index in [1.807, 2.05) is 12.1 Å². The Morgan fingerprint density at radius 1 is 0.889 bits per heavy atom.